The first kappa shape index (κ1) is 19.8. The standard InChI is InChI=1S/C23H24N2O2S/c1-4-10-25(15-21-8-6-11-28-21)23(26)20-12-17(2)22(18(3)13-20)27-16-19-7-5-9-24-14-19/h4-9,11-14H,1,10,15-16H2,2-3H3. The van der Waals surface area contributed by atoms with Gasteiger partial charge in [0, 0.05) is 34.9 Å². The lowest BCUT2D eigenvalue weighted by molar-refractivity contribution is 0.0764. The van der Waals surface area contributed by atoms with Crippen molar-refractivity contribution in [1.82, 2.24) is 9.88 Å². The van der Waals surface area contributed by atoms with Crippen LogP contribution in [0.15, 0.2) is 66.8 Å². The molecule has 144 valence electrons. The Morgan fingerprint density at radius 2 is 2.04 bits per heavy atom. The van der Waals surface area contributed by atoms with E-state index in [1.807, 2.05) is 60.5 Å². The Labute approximate surface area is 170 Å². The third-order valence-electron chi connectivity index (χ3n) is 4.38. The number of ether oxygens (including phenoxy) is 1. The number of carbonyl (C=O) groups excluding carboxylic acids is 1. The summed E-state index contributed by atoms with van der Waals surface area (Å²) in [7, 11) is 0. The summed E-state index contributed by atoms with van der Waals surface area (Å²) in [6, 6.07) is 11.7. The van der Waals surface area contributed by atoms with Gasteiger partial charge in [-0.1, -0.05) is 18.2 Å². The van der Waals surface area contributed by atoms with E-state index in [0.29, 0.717) is 25.3 Å². The molecule has 0 N–H and O–H groups in total. The van der Waals surface area contributed by atoms with Crippen molar-refractivity contribution in [1.29, 1.82) is 0 Å². The van der Waals surface area contributed by atoms with E-state index in [1.165, 1.54) is 0 Å². The van der Waals surface area contributed by atoms with Crippen LogP contribution in [0.5, 0.6) is 5.75 Å². The lowest BCUT2D eigenvalue weighted by atomic mass is 10.0. The molecule has 3 rings (SSSR count). The van der Waals surface area contributed by atoms with Gasteiger partial charge in [-0.3, -0.25) is 9.78 Å². The molecule has 4 nitrogen and oxygen atoms in total. The molecule has 1 amide bonds. The molecule has 28 heavy (non-hydrogen) atoms. The van der Waals surface area contributed by atoms with E-state index in [4.69, 9.17) is 4.74 Å². The van der Waals surface area contributed by atoms with Crippen molar-refractivity contribution in [2.45, 2.75) is 27.0 Å². The van der Waals surface area contributed by atoms with Crippen molar-refractivity contribution in [2.24, 2.45) is 0 Å². The van der Waals surface area contributed by atoms with E-state index in [1.54, 1.807) is 29.8 Å². The molecule has 0 radical (unpaired) electrons. The van der Waals surface area contributed by atoms with E-state index in [0.717, 1.165) is 27.3 Å². The van der Waals surface area contributed by atoms with Gasteiger partial charge in [-0.15, -0.1) is 17.9 Å². The van der Waals surface area contributed by atoms with Crippen LogP contribution in [0.1, 0.15) is 31.9 Å². The highest BCUT2D eigenvalue weighted by atomic mass is 32.1. The highest BCUT2D eigenvalue weighted by Gasteiger charge is 2.18. The number of nitrogens with zero attached hydrogens (tertiary/aromatic N) is 2. The van der Waals surface area contributed by atoms with Crippen molar-refractivity contribution in [3.05, 3.63) is 94.0 Å². The fourth-order valence-electron chi connectivity index (χ4n) is 3.09. The van der Waals surface area contributed by atoms with Crippen molar-refractivity contribution in [3.8, 4) is 5.75 Å². The summed E-state index contributed by atoms with van der Waals surface area (Å²) < 4.78 is 6.00. The zero-order valence-corrected chi connectivity index (χ0v) is 17.0. The number of aromatic nitrogens is 1. The Balaban J connectivity index is 1.77. The number of rotatable bonds is 8. The molecule has 5 heteroatoms. The van der Waals surface area contributed by atoms with Crippen LogP contribution in [0.2, 0.25) is 0 Å². The van der Waals surface area contributed by atoms with Gasteiger partial charge >= 0.3 is 0 Å². The number of hydrogen-bond acceptors (Lipinski definition) is 4. The first-order chi connectivity index (χ1) is 13.6. The topological polar surface area (TPSA) is 42.4 Å². The van der Waals surface area contributed by atoms with E-state index in [2.05, 4.69) is 11.6 Å². The SMILES string of the molecule is C=CCN(Cc1cccs1)C(=O)c1cc(C)c(OCc2cccnc2)c(C)c1. The largest absolute Gasteiger partial charge is 0.488 e. The van der Waals surface area contributed by atoms with Crippen LogP contribution in [0.3, 0.4) is 0 Å². The number of carbonyl (C=O) groups is 1. The maximum atomic E-state index is 13.1. The van der Waals surface area contributed by atoms with Gasteiger partial charge < -0.3 is 9.64 Å². The van der Waals surface area contributed by atoms with Crippen LogP contribution < -0.4 is 4.74 Å². The van der Waals surface area contributed by atoms with Crippen molar-refractivity contribution in [3.63, 3.8) is 0 Å². The highest BCUT2D eigenvalue weighted by molar-refractivity contribution is 7.09. The molecule has 0 aliphatic heterocycles. The van der Waals surface area contributed by atoms with Gasteiger partial charge in [0.15, 0.2) is 0 Å². The molecular formula is C23H24N2O2S. The van der Waals surface area contributed by atoms with Crippen molar-refractivity contribution < 1.29 is 9.53 Å². The molecule has 2 heterocycles. The lowest BCUT2D eigenvalue weighted by Gasteiger charge is -2.22. The molecule has 0 fully saturated rings. The van der Waals surface area contributed by atoms with E-state index >= 15 is 0 Å². The summed E-state index contributed by atoms with van der Waals surface area (Å²) in [5, 5.41) is 2.02. The zero-order chi connectivity index (χ0) is 19.9. The van der Waals surface area contributed by atoms with Gasteiger partial charge in [0.25, 0.3) is 5.91 Å². The minimum Gasteiger partial charge on any atom is -0.488 e. The number of amides is 1. The molecule has 0 unspecified atom stereocenters. The smallest absolute Gasteiger partial charge is 0.254 e. The van der Waals surface area contributed by atoms with Crippen LogP contribution in [-0.4, -0.2) is 22.3 Å². The Hall–Kier alpha value is -2.92. The van der Waals surface area contributed by atoms with Gasteiger partial charge in [0.05, 0.1) is 6.54 Å². The number of pyridine rings is 1. The van der Waals surface area contributed by atoms with Crippen molar-refractivity contribution in [2.75, 3.05) is 6.54 Å². The van der Waals surface area contributed by atoms with Crippen LogP contribution in [0, 0.1) is 13.8 Å². The molecule has 0 saturated heterocycles. The average molecular weight is 393 g/mol. The maximum absolute atomic E-state index is 13.1. The second kappa shape index (κ2) is 9.33. The summed E-state index contributed by atoms with van der Waals surface area (Å²) in [5.74, 6) is 0.812. The molecule has 0 aliphatic rings. The normalized spacial score (nSPS) is 10.5. The second-order valence-corrected chi connectivity index (χ2v) is 7.68. The predicted octanol–water partition coefficient (Wildman–Crippen LogP) is 5.17. The minimum atomic E-state index is -0.00157. The zero-order valence-electron chi connectivity index (χ0n) is 16.2. The van der Waals surface area contributed by atoms with Crippen LogP contribution >= 0.6 is 11.3 Å². The summed E-state index contributed by atoms with van der Waals surface area (Å²) in [5.41, 5.74) is 3.57. The van der Waals surface area contributed by atoms with Gasteiger partial charge in [-0.2, -0.15) is 0 Å². The second-order valence-electron chi connectivity index (χ2n) is 6.64. The Kier molecular flexibility index (Phi) is 6.61. The van der Waals surface area contributed by atoms with Gasteiger partial charge in [0.2, 0.25) is 0 Å². The van der Waals surface area contributed by atoms with Gasteiger partial charge in [-0.05, 0) is 54.6 Å². The highest BCUT2D eigenvalue weighted by Crippen LogP contribution is 2.27. The molecule has 0 atom stereocenters. The van der Waals surface area contributed by atoms with Crippen LogP contribution in [0.4, 0.5) is 0 Å². The predicted molar refractivity (Wildman–Crippen MR) is 114 cm³/mol. The van der Waals surface area contributed by atoms with E-state index in [9.17, 15) is 4.79 Å². The number of thiophene rings is 1. The fraction of sp³-hybridized carbons (Fsp3) is 0.217. The molecule has 0 spiro atoms. The quantitative estimate of drug-likeness (QED) is 0.497. The summed E-state index contributed by atoms with van der Waals surface area (Å²) in [4.78, 5) is 20.2. The first-order valence-electron chi connectivity index (χ1n) is 9.14. The third kappa shape index (κ3) is 4.87. The van der Waals surface area contributed by atoms with Crippen molar-refractivity contribution >= 4 is 17.2 Å². The molecule has 0 bridgehead atoms. The summed E-state index contributed by atoms with van der Waals surface area (Å²) >= 11 is 1.65. The Morgan fingerprint density at radius 1 is 1.25 bits per heavy atom. The number of benzene rings is 1. The maximum Gasteiger partial charge on any atom is 0.254 e. The fourth-order valence-corrected chi connectivity index (χ4v) is 3.81. The molecule has 0 saturated carbocycles. The third-order valence-corrected chi connectivity index (χ3v) is 5.24. The van der Waals surface area contributed by atoms with E-state index < -0.39 is 0 Å². The molecule has 1 aromatic carbocycles. The monoisotopic (exact) mass is 392 g/mol. The lowest BCUT2D eigenvalue weighted by Crippen LogP contribution is -2.30. The van der Waals surface area contributed by atoms with Crippen LogP contribution in [0.25, 0.3) is 0 Å². The minimum absolute atomic E-state index is 0.00157. The van der Waals surface area contributed by atoms with Gasteiger partial charge in [0.1, 0.15) is 12.4 Å². The Morgan fingerprint density at radius 3 is 2.64 bits per heavy atom. The van der Waals surface area contributed by atoms with E-state index in [-0.39, 0.29) is 5.91 Å². The number of hydrogen-bond donors (Lipinski definition) is 0. The molecular weight excluding hydrogens is 368 g/mol. The molecule has 0 aliphatic carbocycles. The van der Waals surface area contributed by atoms with Crippen LogP contribution in [-0.2, 0) is 13.2 Å². The van der Waals surface area contributed by atoms with Gasteiger partial charge in [-0.25, -0.2) is 0 Å². The summed E-state index contributed by atoms with van der Waals surface area (Å²) in [6.07, 6.45) is 5.29. The number of aryl methyl sites for hydroxylation is 2. The first-order valence-corrected chi connectivity index (χ1v) is 10.0. The molecule has 2 aromatic heterocycles. The summed E-state index contributed by atoms with van der Waals surface area (Å²) in [6.45, 7) is 9.28. The molecule has 3 aromatic rings. The Bertz CT molecular complexity index is 913. The average Bonchev–Trinajstić information content (AvgIpc) is 3.20.